The van der Waals surface area contributed by atoms with E-state index in [2.05, 4.69) is 33.8 Å². The van der Waals surface area contributed by atoms with Crippen LogP contribution in [0.1, 0.15) is 105 Å². The van der Waals surface area contributed by atoms with Gasteiger partial charge in [0.25, 0.3) is 0 Å². The predicted octanol–water partition coefficient (Wildman–Crippen LogP) is 7.60. The first-order chi connectivity index (χ1) is 10.3. The lowest BCUT2D eigenvalue weighted by Gasteiger charge is -2.20. The normalized spacial score (nSPS) is 18.5. The molecule has 1 rings (SSSR count). The van der Waals surface area contributed by atoms with Crippen LogP contribution in [-0.4, -0.2) is 0 Å². The van der Waals surface area contributed by atoms with Gasteiger partial charge in [0.05, 0.1) is 0 Å². The molecule has 0 bridgehead atoms. The van der Waals surface area contributed by atoms with Crippen molar-refractivity contribution in [2.24, 2.45) is 5.92 Å². The zero-order valence-electron chi connectivity index (χ0n) is 15.1. The lowest BCUT2D eigenvalue weighted by atomic mass is 9.85. The van der Waals surface area contributed by atoms with Crippen LogP contribution in [0.5, 0.6) is 0 Å². The Morgan fingerprint density at radius 2 is 1.29 bits per heavy atom. The van der Waals surface area contributed by atoms with Gasteiger partial charge >= 0.3 is 0 Å². The lowest BCUT2D eigenvalue weighted by Crippen LogP contribution is -2.06. The molecule has 0 aromatic carbocycles. The van der Waals surface area contributed by atoms with Gasteiger partial charge in [-0.05, 0) is 50.5 Å². The molecular formula is C21H38. The fourth-order valence-electron chi connectivity index (χ4n) is 3.56. The third-order valence-corrected chi connectivity index (χ3v) is 4.90. The van der Waals surface area contributed by atoms with Crippen LogP contribution in [0.2, 0.25) is 0 Å². The average molecular weight is 291 g/mol. The summed E-state index contributed by atoms with van der Waals surface area (Å²) >= 11 is 0. The van der Waals surface area contributed by atoms with E-state index in [0.29, 0.717) is 0 Å². The van der Waals surface area contributed by atoms with E-state index in [1.165, 1.54) is 77.0 Å². The Labute approximate surface area is 134 Å². The van der Waals surface area contributed by atoms with Gasteiger partial charge in [0.2, 0.25) is 0 Å². The quantitative estimate of drug-likeness (QED) is 0.347. The highest BCUT2D eigenvalue weighted by molar-refractivity contribution is 5.42. The first-order valence-corrected chi connectivity index (χ1v) is 9.70. The summed E-state index contributed by atoms with van der Waals surface area (Å²) in [6.07, 6.45) is 18.9. The van der Waals surface area contributed by atoms with E-state index in [1.807, 2.05) is 5.57 Å². The molecule has 0 aromatic heterocycles. The van der Waals surface area contributed by atoms with Gasteiger partial charge in [0.15, 0.2) is 0 Å². The molecule has 0 spiro atoms. The second-order valence-corrected chi connectivity index (χ2v) is 6.78. The highest BCUT2D eigenvalue weighted by Crippen LogP contribution is 2.41. The molecule has 0 aliphatic heterocycles. The van der Waals surface area contributed by atoms with E-state index in [-0.39, 0.29) is 0 Å². The van der Waals surface area contributed by atoms with Gasteiger partial charge in [-0.3, -0.25) is 0 Å². The van der Waals surface area contributed by atoms with Crippen LogP contribution in [0.4, 0.5) is 0 Å². The van der Waals surface area contributed by atoms with Crippen molar-refractivity contribution < 1.29 is 0 Å². The minimum Gasteiger partial charge on any atom is -0.0654 e. The number of allylic oxidation sites excluding steroid dienone is 4. The van der Waals surface area contributed by atoms with E-state index in [9.17, 15) is 0 Å². The molecule has 0 radical (unpaired) electrons. The number of hydrogen-bond donors (Lipinski definition) is 0. The van der Waals surface area contributed by atoms with Crippen LogP contribution in [0.25, 0.3) is 0 Å². The van der Waals surface area contributed by atoms with Gasteiger partial charge in [-0.15, -0.1) is 0 Å². The second kappa shape index (κ2) is 11.1. The molecule has 0 aromatic rings. The topological polar surface area (TPSA) is 0 Å². The van der Waals surface area contributed by atoms with Crippen LogP contribution in [0, 0.1) is 5.92 Å². The smallest absolute Gasteiger partial charge is 0.00160 e. The summed E-state index contributed by atoms with van der Waals surface area (Å²) in [4.78, 5) is 0. The number of rotatable bonds is 12. The molecule has 0 fully saturated rings. The van der Waals surface area contributed by atoms with Crippen LogP contribution >= 0.6 is 0 Å². The van der Waals surface area contributed by atoms with Gasteiger partial charge in [0.1, 0.15) is 0 Å². The van der Waals surface area contributed by atoms with Crippen LogP contribution < -0.4 is 0 Å². The highest BCUT2D eigenvalue weighted by atomic mass is 14.3. The summed E-state index contributed by atoms with van der Waals surface area (Å²) in [5.41, 5.74) is 5.35. The molecular weight excluding hydrogens is 252 g/mol. The Hall–Kier alpha value is -0.520. The summed E-state index contributed by atoms with van der Waals surface area (Å²) < 4.78 is 0. The first-order valence-electron chi connectivity index (χ1n) is 9.70. The van der Waals surface area contributed by atoms with E-state index in [4.69, 9.17) is 0 Å². The molecule has 1 aliphatic rings. The summed E-state index contributed by atoms with van der Waals surface area (Å²) in [5.74, 6) is 0.815. The Balaban J connectivity index is 2.84. The summed E-state index contributed by atoms with van der Waals surface area (Å²) in [6, 6.07) is 0. The minimum atomic E-state index is 0.815. The maximum absolute atomic E-state index is 2.62. The van der Waals surface area contributed by atoms with Crippen molar-refractivity contribution in [3.63, 3.8) is 0 Å². The molecule has 122 valence electrons. The molecule has 0 saturated heterocycles. The molecule has 1 unspecified atom stereocenters. The van der Waals surface area contributed by atoms with Crippen LogP contribution in [-0.2, 0) is 0 Å². The van der Waals surface area contributed by atoms with Gasteiger partial charge < -0.3 is 0 Å². The van der Waals surface area contributed by atoms with Crippen LogP contribution in [0.15, 0.2) is 22.8 Å². The maximum Gasteiger partial charge on any atom is 0.00160 e. The summed E-state index contributed by atoms with van der Waals surface area (Å²) in [7, 11) is 0. The average Bonchev–Trinajstić information content (AvgIpc) is 2.83. The third-order valence-electron chi connectivity index (χ3n) is 4.90. The first kappa shape index (κ1) is 18.5. The molecule has 0 heteroatoms. The van der Waals surface area contributed by atoms with E-state index in [1.54, 1.807) is 11.1 Å². The van der Waals surface area contributed by atoms with Crippen molar-refractivity contribution in [3.05, 3.63) is 22.8 Å². The summed E-state index contributed by atoms with van der Waals surface area (Å²) in [5, 5.41) is 0. The Bertz CT molecular complexity index is 332. The van der Waals surface area contributed by atoms with E-state index < -0.39 is 0 Å². The fourth-order valence-corrected chi connectivity index (χ4v) is 3.56. The van der Waals surface area contributed by atoms with Gasteiger partial charge in [-0.25, -0.2) is 0 Å². The van der Waals surface area contributed by atoms with E-state index in [0.717, 1.165) is 5.92 Å². The predicted molar refractivity (Wildman–Crippen MR) is 96.7 cm³/mol. The Morgan fingerprint density at radius 3 is 1.90 bits per heavy atom. The summed E-state index contributed by atoms with van der Waals surface area (Å²) in [6.45, 7) is 9.29. The van der Waals surface area contributed by atoms with Gasteiger partial charge in [-0.2, -0.15) is 0 Å². The van der Waals surface area contributed by atoms with Gasteiger partial charge in [-0.1, -0.05) is 77.0 Å². The molecule has 1 aliphatic carbocycles. The SMILES string of the molecule is CCCCC1=CC(CCCC)=C(CCCC)C1CCCC. The molecule has 0 amide bonds. The van der Waals surface area contributed by atoms with Crippen LogP contribution in [0.3, 0.4) is 0 Å². The lowest BCUT2D eigenvalue weighted by molar-refractivity contribution is 0.550. The van der Waals surface area contributed by atoms with Crippen molar-refractivity contribution >= 4 is 0 Å². The van der Waals surface area contributed by atoms with Crippen molar-refractivity contribution in [3.8, 4) is 0 Å². The van der Waals surface area contributed by atoms with Crippen molar-refractivity contribution in [2.45, 2.75) is 105 Å². The second-order valence-electron chi connectivity index (χ2n) is 6.78. The number of unbranched alkanes of at least 4 members (excludes halogenated alkanes) is 4. The monoisotopic (exact) mass is 290 g/mol. The third kappa shape index (κ3) is 6.01. The molecule has 0 nitrogen and oxygen atoms in total. The molecule has 1 atom stereocenters. The van der Waals surface area contributed by atoms with Crippen molar-refractivity contribution in [1.82, 2.24) is 0 Å². The standard InChI is InChI=1S/C21H38/c1-5-9-13-18-17-19(14-10-6-2)21(16-12-8-4)20(18)15-11-7-3/h17,20H,5-16H2,1-4H3. The minimum absolute atomic E-state index is 0.815. The zero-order chi connectivity index (χ0) is 15.5. The van der Waals surface area contributed by atoms with Gasteiger partial charge in [0, 0.05) is 5.92 Å². The number of hydrogen-bond acceptors (Lipinski definition) is 0. The van der Waals surface area contributed by atoms with Crippen molar-refractivity contribution in [2.75, 3.05) is 0 Å². The largest absolute Gasteiger partial charge is 0.0654 e. The Kier molecular flexibility index (Phi) is 9.79. The maximum atomic E-state index is 2.62. The Morgan fingerprint density at radius 1 is 0.714 bits per heavy atom. The molecule has 0 saturated carbocycles. The highest BCUT2D eigenvalue weighted by Gasteiger charge is 2.25. The van der Waals surface area contributed by atoms with E-state index >= 15 is 0 Å². The molecule has 21 heavy (non-hydrogen) atoms. The molecule has 0 N–H and O–H groups in total. The molecule has 0 heterocycles. The zero-order valence-corrected chi connectivity index (χ0v) is 15.1. The van der Waals surface area contributed by atoms with Crippen molar-refractivity contribution in [1.29, 1.82) is 0 Å². The fraction of sp³-hybridized carbons (Fsp3) is 0.810.